The van der Waals surface area contributed by atoms with Crippen molar-refractivity contribution in [3.63, 3.8) is 0 Å². The summed E-state index contributed by atoms with van der Waals surface area (Å²) >= 11 is 0. The Kier molecular flexibility index (Phi) is 4.94. The van der Waals surface area contributed by atoms with Crippen LogP contribution in [0.15, 0.2) is 0 Å². The van der Waals surface area contributed by atoms with Crippen molar-refractivity contribution in [2.45, 2.75) is 45.3 Å². The van der Waals surface area contributed by atoms with Crippen molar-refractivity contribution in [3.05, 3.63) is 0 Å². The van der Waals surface area contributed by atoms with Crippen molar-refractivity contribution in [3.8, 4) is 0 Å². The highest BCUT2D eigenvalue weighted by atomic mass is 32.2. The minimum absolute atomic E-state index is 0.0126. The molecule has 1 saturated heterocycles. The summed E-state index contributed by atoms with van der Waals surface area (Å²) in [4.78, 5) is 13.7. The van der Waals surface area contributed by atoms with Gasteiger partial charge in [0.05, 0.1) is 18.0 Å². The molecule has 0 bridgehead atoms. The monoisotopic (exact) mass is 262 g/mol. The highest BCUT2D eigenvalue weighted by Gasteiger charge is 2.35. The molecular formula is C11H22N2O3S. The molecular weight excluding hydrogens is 240 g/mol. The number of nitrogens with one attached hydrogen (secondary N) is 1. The van der Waals surface area contributed by atoms with E-state index in [2.05, 4.69) is 5.32 Å². The van der Waals surface area contributed by atoms with Crippen LogP contribution in [0.3, 0.4) is 0 Å². The standard InChI is InChI=1S/C11H22N2O3S/c1-4-6-10-11(14)13(9(2)12-10)7-5-8-17(3,15)16/h9-10,12H,4-8H2,1-3H3. The number of rotatable bonds is 6. The van der Waals surface area contributed by atoms with Crippen LogP contribution in [0.25, 0.3) is 0 Å². The van der Waals surface area contributed by atoms with Gasteiger partial charge in [0.2, 0.25) is 5.91 Å². The second-order valence-corrected chi connectivity index (χ2v) is 6.96. The van der Waals surface area contributed by atoms with Gasteiger partial charge in [0, 0.05) is 12.8 Å². The molecule has 2 atom stereocenters. The van der Waals surface area contributed by atoms with Gasteiger partial charge in [-0.1, -0.05) is 13.3 Å². The molecule has 1 aliphatic heterocycles. The van der Waals surface area contributed by atoms with E-state index in [0.29, 0.717) is 13.0 Å². The first-order chi connectivity index (χ1) is 7.85. The maximum absolute atomic E-state index is 12.0. The number of nitrogens with zero attached hydrogens (tertiary/aromatic N) is 1. The quantitative estimate of drug-likeness (QED) is 0.751. The largest absolute Gasteiger partial charge is 0.326 e. The fourth-order valence-corrected chi connectivity index (χ4v) is 2.79. The minimum atomic E-state index is -2.93. The first-order valence-corrected chi connectivity index (χ1v) is 8.15. The van der Waals surface area contributed by atoms with Crippen LogP contribution < -0.4 is 5.32 Å². The molecule has 100 valence electrons. The lowest BCUT2D eigenvalue weighted by Gasteiger charge is -2.20. The van der Waals surface area contributed by atoms with E-state index in [1.807, 2.05) is 13.8 Å². The van der Waals surface area contributed by atoms with E-state index in [4.69, 9.17) is 0 Å². The molecule has 0 aromatic carbocycles. The average Bonchev–Trinajstić information content (AvgIpc) is 2.44. The molecule has 2 unspecified atom stereocenters. The molecule has 6 heteroatoms. The summed E-state index contributed by atoms with van der Waals surface area (Å²) in [5.41, 5.74) is 0. The average molecular weight is 262 g/mol. The van der Waals surface area contributed by atoms with Crippen molar-refractivity contribution >= 4 is 15.7 Å². The molecule has 0 aliphatic carbocycles. The number of hydrogen-bond donors (Lipinski definition) is 1. The molecule has 0 radical (unpaired) electrons. The SMILES string of the molecule is CCCC1NC(C)N(CCCS(C)(=O)=O)C1=O. The van der Waals surface area contributed by atoms with E-state index >= 15 is 0 Å². The van der Waals surface area contributed by atoms with E-state index in [0.717, 1.165) is 12.8 Å². The van der Waals surface area contributed by atoms with Crippen molar-refractivity contribution in [1.29, 1.82) is 0 Å². The molecule has 1 heterocycles. The number of hydrogen-bond acceptors (Lipinski definition) is 4. The molecule has 1 rings (SSSR count). The summed E-state index contributed by atoms with van der Waals surface area (Å²) in [7, 11) is -2.93. The van der Waals surface area contributed by atoms with E-state index in [1.165, 1.54) is 6.26 Å². The lowest BCUT2D eigenvalue weighted by molar-refractivity contribution is -0.130. The van der Waals surface area contributed by atoms with Crippen LogP contribution in [0.2, 0.25) is 0 Å². The lowest BCUT2D eigenvalue weighted by atomic mass is 10.2. The Morgan fingerprint density at radius 2 is 2.06 bits per heavy atom. The molecule has 0 aromatic rings. The molecule has 17 heavy (non-hydrogen) atoms. The Morgan fingerprint density at radius 1 is 1.41 bits per heavy atom. The van der Waals surface area contributed by atoms with Gasteiger partial charge in [0.1, 0.15) is 9.84 Å². The summed E-state index contributed by atoms with van der Waals surface area (Å²) in [5, 5.41) is 3.23. The molecule has 1 N–H and O–H groups in total. The van der Waals surface area contributed by atoms with Crippen molar-refractivity contribution < 1.29 is 13.2 Å². The first-order valence-electron chi connectivity index (χ1n) is 6.09. The number of amides is 1. The van der Waals surface area contributed by atoms with Gasteiger partial charge in [-0.2, -0.15) is 0 Å². The number of sulfone groups is 1. The fraction of sp³-hybridized carbons (Fsp3) is 0.909. The summed E-state index contributed by atoms with van der Waals surface area (Å²) in [5.74, 6) is 0.245. The predicted octanol–water partition coefficient (Wildman–Crippen LogP) is 0.368. The Balaban J connectivity index is 2.46. The summed E-state index contributed by atoms with van der Waals surface area (Å²) in [6.07, 6.45) is 3.55. The van der Waals surface area contributed by atoms with Gasteiger partial charge < -0.3 is 4.90 Å². The van der Waals surface area contributed by atoms with E-state index in [1.54, 1.807) is 4.90 Å². The van der Waals surface area contributed by atoms with E-state index < -0.39 is 9.84 Å². The molecule has 0 saturated carbocycles. The fourth-order valence-electron chi connectivity index (χ4n) is 2.14. The number of carbonyl (C=O) groups excluding carboxylic acids is 1. The Bertz CT molecular complexity index is 367. The number of carbonyl (C=O) groups is 1. The maximum atomic E-state index is 12.0. The molecule has 1 fully saturated rings. The summed E-state index contributed by atoms with van der Waals surface area (Å²) in [6.45, 7) is 4.50. The zero-order chi connectivity index (χ0) is 13.1. The van der Waals surface area contributed by atoms with Crippen LogP contribution in [0.5, 0.6) is 0 Å². The van der Waals surface area contributed by atoms with Crippen LogP contribution in [0, 0.1) is 0 Å². The van der Waals surface area contributed by atoms with Gasteiger partial charge in [0.15, 0.2) is 0 Å². The Morgan fingerprint density at radius 3 is 2.59 bits per heavy atom. The lowest BCUT2D eigenvalue weighted by Crippen LogP contribution is -2.36. The second-order valence-electron chi connectivity index (χ2n) is 4.70. The normalized spacial score (nSPS) is 25.6. The van der Waals surface area contributed by atoms with Crippen LogP contribution in [-0.2, 0) is 14.6 Å². The third kappa shape index (κ3) is 4.27. The highest BCUT2D eigenvalue weighted by Crippen LogP contribution is 2.14. The van der Waals surface area contributed by atoms with Crippen LogP contribution in [-0.4, -0.2) is 50.0 Å². The molecule has 1 aliphatic rings. The molecule has 5 nitrogen and oxygen atoms in total. The zero-order valence-corrected chi connectivity index (χ0v) is 11.6. The van der Waals surface area contributed by atoms with Crippen LogP contribution in [0.1, 0.15) is 33.1 Å². The van der Waals surface area contributed by atoms with Gasteiger partial charge in [-0.25, -0.2) is 8.42 Å². The minimum Gasteiger partial charge on any atom is -0.326 e. The smallest absolute Gasteiger partial charge is 0.241 e. The summed E-state index contributed by atoms with van der Waals surface area (Å²) < 4.78 is 22.0. The Hall–Kier alpha value is -0.620. The summed E-state index contributed by atoms with van der Waals surface area (Å²) in [6, 6.07) is -0.0896. The third-order valence-electron chi connectivity index (χ3n) is 2.98. The van der Waals surface area contributed by atoms with Gasteiger partial charge in [-0.15, -0.1) is 0 Å². The van der Waals surface area contributed by atoms with Gasteiger partial charge in [-0.3, -0.25) is 10.1 Å². The van der Waals surface area contributed by atoms with Crippen LogP contribution >= 0.6 is 0 Å². The van der Waals surface area contributed by atoms with Crippen molar-refractivity contribution in [2.24, 2.45) is 0 Å². The topological polar surface area (TPSA) is 66.5 Å². The first kappa shape index (κ1) is 14.4. The van der Waals surface area contributed by atoms with Gasteiger partial charge in [-0.05, 0) is 19.8 Å². The van der Waals surface area contributed by atoms with Crippen molar-refractivity contribution in [1.82, 2.24) is 10.2 Å². The zero-order valence-electron chi connectivity index (χ0n) is 10.8. The van der Waals surface area contributed by atoms with Gasteiger partial charge in [0.25, 0.3) is 0 Å². The third-order valence-corrected chi connectivity index (χ3v) is 4.01. The molecule has 1 amide bonds. The predicted molar refractivity (Wildman–Crippen MR) is 67.3 cm³/mol. The molecule has 0 spiro atoms. The molecule has 0 aromatic heterocycles. The maximum Gasteiger partial charge on any atom is 0.241 e. The van der Waals surface area contributed by atoms with Crippen molar-refractivity contribution in [2.75, 3.05) is 18.6 Å². The highest BCUT2D eigenvalue weighted by molar-refractivity contribution is 7.90. The second kappa shape index (κ2) is 5.82. The Labute approximate surface area is 103 Å². The van der Waals surface area contributed by atoms with Crippen LogP contribution in [0.4, 0.5) is 0 Å². The van der Waals surface area contributed by atoms with E-state index in [9.17, 15) is 13.2 Å². The van der Waals surface area contributed by atoms with Gasteiger partial charge >= 0.3 is 0 Å². The van der Waals surface area contributed by atoms with E-state index in [-0.39, 0.29) is 23.9 Å².